The average Bonchev–Trinajstić information content (AvgIpc) is 2.46. The van der Waals surface area contributed by atoms with Gasteiger partial charge in [-0.25, -0.2) is 0 Å². The van der Waals surface area contributed by atoms with Gasteiger partial charge in [-0.1, -0.05) is 17.7 Å². The van der Waals surface area contributed by atoms with Crippen LogP contribution in [0.1, 0.15) is 24.9 Å². The summed E-state index contributed by atoms with van der Waals surface area (Å²) in [5.74, 6) is 0.915. The Morgan fingerprint density at radius 1 is 1.32 bits per heavy atom. The number of benzene rings is 1. The van der Waals surface area contributed by atoms with Crippen molar-refractivity contribution in [3.63, 3.8) is 0 Å². The first-order chi connectivity index (χ1) is 9.20. The van der Waals surface area contributed by atoms with Crippen LogP contribution in [0, 0.1) is 0 Å². The topological polar surface area (TPSA) is 24.5 Å². The van der Waals surface area contributed by atoms with E-state index < -0.39 is 0 Å². The van der Waals surface area contributed by atoms with Crippen LogP contribution in [0.15, 0.2) is 36.4 Å². The van der Waals surface area contributed by atoms with Crippen LogP contribution in [0.25, 0.3) is 0 Å². The first-order valence-electron chi connectivity index (χ1n) is 6.94. The van der Waals surface area contributed by atoms with Gasteiger partial charge in [-0.15, -0.1) is 6.58 Å². The summed E-state index contributed by atoms with van der Waals surface area (Å²) in [4.78, 5) is 2.55. The van der Waals surface area contributed by atoms with Gasteiger partial charge >= 0.3 is 0 Å². The van der Waals surface area contributed by atoms with E-state index in [0.717, 1.165) is 38.3 Å². The van der Waals surface area contributed by atoms with Gasteiger partial charge < -0.3 is 10.1 Å². The minimum Gasteiger partial charge on any atom is -0.497 e. The van der Waals surface area contributed by atoms with Gasteiger partial charge in [-0.05, 0) is 31.0 Å². The van der Waals surface area contributed by atoms with Crippen molar-refractivity contribution >= 4 is 0 Å². The normalized spacial score (nSPS) is 18.0. The van der Waals surface area contributed by atoms with Crippen LogP contribution in [-0.4, -0.2) is 38.2 Å². The SMILES string of the molecule is C=C(C)C[C@@H](c1ccc(OC)cc1)N1CCNCC1. The lowest BCUT2D eigenvalue weighted by molar-refractivity contribution is 0.172. The Morgan fingerprint density at radius 3 is 2.47 bits per heavy atom. The number of nitrogens with zero attached hydrogens (tertiary/aromatic N) is 1. The van der Waals surface area contributed by atoms with Crippen molar-refractivity contribution in [3.8, 4) is 5.75 Å². The highest BCUT2D eigenvalue weighted by Crippen LogP contribution is 2.28. The molecule has 0 amide bonds. The molecule has 3 nitrogen and oxygen atoms in total. The van der Waals surface area contributed by atoms with Crippen LogP contribution < -0.4 is 10.1 Å². The van der Waals surface area contributed by atoms with Crippen molar-refractivity contribution in [2.75, 3.05) is 33.3 Å². The summed E-state index contributed by atoms with van der Waals surface area (Å²) in [5.41, 5.74) is 2.59. The van der Waals surface area contributed by atoms with Crippen molar-refractivity contribution in [3.05, 3.63) is 42.0 Å². The summed E-state index contributed by atoms with van der Waals surface area (Å²) in [7, 11) is 1.71. The molecule has 2 rings (SSSR count). The largest absolute Gasteiger partial charge is 0.497 e. The predicted octanol–water partition coefficient (Wildman–Crippen LogP) is 2.61. The van der Waals surface area contributed by atoms with Crippen molar-refractivity contribution < 1.29 is 4.74 Å². The molecule has 0 radical (unpaired) electrons. The number of methoxy groups -OCH3 is 1. The fraction of sp³-hybridized carbons (Fsp3) is 0.500. The molecule has 1 heterocycles. The molecule has 1 aliphatic heterocycles. The Bertz CT molecular complexity index is 407. The molecule has 3 heteroatoms. The van der Waals surface area contributed by atoms with Crippen LogP contribution >= 0.6 is 0 Å². The monoisotopic (exact) mass is 260 g/mol. The summed E-state index contributed by atoms with van der Waals surface area (Å²) in [5, 5.41) is 3.41. The molecule has 1 aromatic carbocycles. The number of rotatable bonds is 5. The molecule has 0 unspecified atom stereocenters. The van der Waals surface area contributed by atoms with Gasteiger partial charge in [0.05, 0.1) is 7.11 Å². The highest BCUT2D eigenvalue weighted by molar-refractivity contribution is 5.30. The van der Waals surface area contributed by atoms with Gasteiger partial charge in [0.2, 0.25) is 0 Å². The Hall–Kier alpha value is -1.32. The van der Waals surface area contributed by atoms with E-state index >= 15 is 0 Å². The second kappa shape index (κ2) is 6.73. The van der Waals surface area contributed by atoms with E-state index in [0.29, 0.717) is 6.04 Å². The Balaban J connectivity index is 2.17. The number of ether oxygens (including phenoxy) is 1. The Morgan fingerprint density at radius 2 is 1.95 bits per heavy atom. The molecule has 1 saturated heterocycles. The molecule has 1 aliphatic rings. The Kier molecular flexibility index (Phi) is 5.00. The van der Waals surface area contributed by atoms with E-state index in [-0.39, 0.29) is 0 Å². The third-order valence-corrected chi connectivity index (χ3v) is 3.63. The summed E-state index contributed by atoms with van der Waals surface area (Å²) < 4.78 is 5.23. The molecular formula is C16H24N2O. The second-order valence-corrected chi connectivity index (χ2v) is 5.24. The summed E-state index contributed by atoms with van der Waals surface area (Å²) in [6.45, 7) is 10.5. The minimum atomic E-state index is 0.436. The van der Waals surface area contributed by atoms with E-state index in [9.17, 15) is 0 Å². The summed E-state index contributed by atoms with van der Waals surface area (Å²) in [6, 6.07) is 8.87. The molecule has 0 saturated carbocycles. The van der Waals surface area contributed by atoms with Gasteiger partial charge in [0.15, 0.2) is 0 Å². The van der Waals surface area contributed by atoms with Crippen molar-refractivity contribution in [2.45, 2.75) is 19.4 Å². The molecule has 1 N–H and O–H groups in total. The second-order valence-electron chi connectivity index (χ2n) is 5.24. The molecule has 0 aromatic heterocycles. The number of piperazine rings is 1. The molecule has 0 spiro atoms. The summed E-state index contributed by atoms with van der Waals surface area (Å²) >= 11 is 0. The fourth-order valence-electron chi connectivity index (χ4n) is 2.61. The zero-order valence-corrected chi connectivity index (χ0v) is 12.0. The number of hydrogen-bond donors (Lipinski definition) is 1. The molecule has 1 atom stereocenters. The quantitative estimate of drug-likeness (QED) is 0.824. The first kappa shape index (κ1) is 14.1. The zero-order valence-electron chi connectivity index (χ0n) is 12.0. The molecule has 19 heavy (non-hydrogen) atoms. The van der Waals surface area contributed by atoms with Gasteiger partial charge in [-0.2, -0.15) is 0 Å². The van der Waals surface area contributed by atoms with Crippen LogP contribution in [0.4, 0.5) is 0 Å². The van der Waals surface area contributed by atoms with Crippen LogP contribution in [0.2, 0.25) is 0 Å². The lowest BCUT2D eigenvalue weighted by Crippen LogP contribution is -2.45. The van der Waals surface area contributed by atoms with Crippen LogP contribution in [0.5, 0.6) is 5.75 Å². The third-order valence-electron chi connectivity index (χ3n) is 3.63. The van der Waals surface area contributed by atoms with Crippen molar-refractivity contribution in [2.24, 2.45) is 0 Å². The zero-order chi connectivity index (χ0) is 13.7. The van der Waals surface area contributed by atoms with E-state index in [2.05, 4.69) is 35.9 Å². The lowest BCUT2D eigenvalue weighted by Gasteiger charge is -2.35. The molecular weight excluding hydrogens is 236 g/mol. The minimum absolute atomic E-state index is 0.436. The molecule has 1 fully saturated rings. The maximum absolute atomic E-state index is 5.23. The number of nitrogens with one attached hydrogen (secondary N) is 1. The molecule has 1 aromatic rings. The highest BCUT2D eigenvalue weighted by Gasteiger charge is 2.22. The molecule has 0 bridgehead atoms. The maximum Gasteiger partial charge on any atom is 0.118 e. The highest BCUT2D eigenvalue weighted by atomic mass is 16.5. The van der Waals surface area contributed by atoms with Crippen LogP contribution in [-0.2, 0) is 0 Å². The number of hydrogen-bond acceptors (Lipinski definition) is 3. The summed E-state index contributed by atoms with van der Waals surface area (Å²) in [6.07, 6.45) is 1.02. The first-order valence-corrected chi connectivity index (χ1v) is 6.94. The Labute approximate surface area is 116 Å². The van der Waals surface area contributed by atoms with E-state index in [4.69, 9.17) is 4.74 Å². The fourth-order valence-corrected chi connectivity index (χ4v) is 2.61. The van der Waals surface area contributed by atoms with Crippen LogP contribution in [0.3, 0.4) is 0 Å². The smallest absolute Gasteiger partial charge is 0.118 e. The van der Waals surface area contributed by atoms with Gasteiger partial charge in [0, 0.05) is 32.2 Å². The standard InChI is InChI=1S/C16H24N2O/c1-13(2)12-16(18-10-8-17-9-11-18)14-4-6-15(19-3)7-5-14/h4-7,16-17H,1,8-12H2,2-3H3/t16-/m0/s1. The predicted molar refractivity (Wildman–Crippen MR) is 79.6 cm³/mol. The van der Waals surface area contributed by atoms with Gasteiger partial charge in [0.25, 0.3) is 0 Å². The third kappa shape index (κ3) is 3.82. The van der Waals surface area contributed by atoms with E-state index in [1.54, 1.807) is 7.11 Å². The van der Waals surface area contributed by atoms with E-state index in [1.165, 1.54) is 11.1 Å². The van der Waals surface area contributed by atoms with E-state index in [1.807, 2.05) is 12.1 Å². The molecule has 0 aliphatic carbocycles. The lowest BCUT2D eigenvalue weighted by atomic mass is 9.98. The van der Waals surface area contributed by atoms with Crippen molar-refractivity contribution in [1.29, 1.82) is 0 Å². The maximum atomic E-state index is 5.23. The molecule has 104 valence electrons. The van der Waals surface area contributed by atoms with Gasteiger partial charge in [-0.3, -0.25) is 4.90 Å². The van der Waals surface area contributed by atoms with Crippen molar-refractivity contribution in [1.82, 2.24) is 10.2 Å². The van der Waals surface area contributed by atoms with Gasteiger partial charge in [0.1, 0.15) is 5.75 Å². The average molecular weight is 260 g/mol.